The molecule has 1 aromatic rings. The Bertz CT molecular complexity index is 309. The van der Waals surface area contributed by atoms with E-state index in [0.29, 0.717) is 0 Å². The van der Waals surface area contributed by atoms with Crippen molar-refractivity contribution in [3.8, 4) is 0 Å². The zero-order valence-corrected chi connectivity index (χ0v) is 13.6. The van der Waals surface area contributed by atoms with E-state index in [4.69, 9.17) is 4.74 Å². The van der Waals surface area contributed by atoms with Gasteiger partial charge < -0.3 is 4.74 Å². The highest BCUT2D eigenvalue weighted by Crippen LogP contribution is 2.15. The van der Waals surface area contributed by atoms with Crippen molar-refractivity contribution >= 4 is 0 Å². The first kappa shape index (κ1) is 17.2. The van der Waals surface area contributed by atoms with Crippen molar-refractivity contribution in [2.45, 2.75) is 65.8 Å². The number of hydrogen-bond donors (Lipinski definition) is 1. The lowest BCUT2D eigenvalue weighted by Gasteiger charge is -2.12. The second kappa shape index (κ2) is 10.9. The van der Waals surface area contributed by atoms with Crippen molar-refractivity contribution in [3.63, 3.8) is 0 Å². The molecule has 1 atom stereocenters. The van der Waals surface area contributed by atoms with Gasteiger partial charge in [-0.05, 0) is 31.1 Å². The first-order valence-electron chi connectivity index (χ1n) is 8.28. The summed E-state index contributed by atoms with van der Waals surface area (Å²) >= 11 is 0. The van der Waals surface area contributed by atoms with Crippen LogP contribution in [0.4, 0.5) is 0 Å². The Balaban J connectivity index is 1.84. The molecule has 1 aromatic heterocycles. The summed E-state index contributed by atoms with van der Waals surface area (Å²) in [5.41, 5.74) is 0. The third kappa shape index (κ3) is 9.13. The van der Waals surface area contributed by atoms with Crippen LogP contribution in [0.15, 0.2) is 18.7 Å². The number of rotatable bonds is 12. The molecule has 1 rings (SSSR count). The molecule has 0 saturated heterocycles. The molecular formula is C17H33N2O+. The van der Waals surface area contributed by atoms with Crippen LogP contribution in [0.25, 0.3) is 0 Å². The molecule has 0 aromatic carbocycles. The maximum absolute atomic E-state index is 5.73. The molecule has 0 saturated carbocycles. The molecule has 0 aliphatic carbocycles. The van der Waals surface area contributed by atoms with E-state index in [1.54, 1.807) is 0 Å². The van der Waals surface area contributed by atoms with Gasteiger partial charge in [-0.3, -0.25) is 4.98 Å². The number of unbranched alkanes of at least 4 members (excludes halogenated alkanes) is 1. The summed E-state index contributed by atoms with van der Waals surface area (Å²) in [4.78, 5) is 3.06. The van der Waals surface area contributed by atoms with Gasteiger partial charge in [0.05, 0.1) is 6.54 Å². The van der Waals surface area contributed by atoms with Gasteiger partial charge in [0.25, 0.3) is 0 Å². The monoisotopic (exact) mass is 281 g/mol. The molecule has 20 heavy (non-hydrogen) atoms. The van der Waals surface area contributed by atoms with E-state index in [1.165, 1.54) is 32.1 Å². The van der Waals surface area contributed by atoms with Gasteiger partial charge >= 0.3 is 0 Å². The Hall–Kier alpha value is -0.830. The van der Waals surface area contributed by atoms with Crippen molar-refractivity contribution < 1.29 is 9.30 Å². The molecule has 116 valence electrons. The second-order valence-corrected chi connectivity index (χ2v) is 6.39. The molecule has 0 aliphatic rings. The zero-order chi connectivity index (χ0) is 14.6. The molecule has 0 radical (unpaired) electrons. The average Bonchev–Trinajstić information content (AvgIpc) is 2.90. The van der Waals surface area contributed by atoms with Gasteiger partial charge in [0, 0.05) is 13.2 Å². The molecular weight excluding hydrogens is 248 g/mol. The van der Waals surface area contributed by atoms with Crippen molar-refractivity contribution in [3.05, 3.63) is 18.7 Å². The van der Waals surface area contributed by atoms with Crippen LogP contribution in [0.1, 0.15) is 59.3 Å². The Kier molecular flexibility index (Phi) is 9.38. The highest BCUT2D eigenvalue weighted by atomic mass is 16.5. The predicted octanol–water partition coefficient (Wildman–Crippen LogP) is 3.95. The quantitative estimate of drug-likeness (QED) is 0.456. The third-order valence-corrected chi connectivity index (χ3v) is 3.79. The van der Waals surface area contributed by atoms with E-state index in [9.17, 15) is 0 Å². The molecule has 1 unspecified atom stereocenters. The minimum atomic E-state index is 0.809. The Morgan fingerprint density at radius 1 is 1.00 bits per heavy atom. The van der Waals surface area contributed by atoms with E-state index in [-0.39, 0.29) is 0 Å². The molecule has 0 amide bonds. The topological polar surface area (TPSA) is 28.9 Å². The largest absolute Gasteiger partial charge is 0.381 e. The van der Waals surface area contributed by atoms with E-state index in [2.05, 4.69) is 36.5 Å². The molecule has 1 heterocycles. The van der Waals surface area contributed by atoms with Gasteiger partial charge in [-0.2, -0.15) is 0 Å². The lowest BCUT2D eigenvalue weighted by atomic mass is 9.98. The smallest absolute Gasteiger partial charge is 0.241 e. The summed E-state index contributed by atoms with van der Waals surface area (Å²) in [6, 6.07) is 0. The highest BCUT2D eigenvalue weighted by Gasteiger charge is 2.03. The normalized spacial score (nSPS) is 13.0. The van der Waals surface area contributed by atoms with Crippen LogP contribution >= 0.6 is 0 Å². The summed E-state index contributed by atoms with van der Waals surface area (Å²) in [7, 11) is 0. The number of aromatic amines is 1. The summed E-state index contributed by atoms with van der Waals surface area (Å²) in [5.74, 6) is 1.65. The maximum Gasteiger partial charge on any atom is 0.241 e. The number of nitrogens with one attached hydrogen (secondary N) is 1. The van der Waals surface area contributed by atoms with Crippen molar-refractivity contribution in [1.29, 1.82) is 0 Å². The Labute approximate surface area is 124 Å². The molecule has 0 aliphatic heterocycles. The van der Waals surface area contributed by atoms with E-state index >= 15 is 0 Å². The highest BCUT2D eigenvalue weighted by molar-refractivity contribution is 4.56. The fourth-order valence-electron chi connectivity index (χ4n) is 2.36. The lowest BCUT2D eigenvalue weighted by molar-refractivity contribution is -0.696. The van der Waals surface area contributed by atoms with Crippen molar-refractivity contribution in [1.82, 2.24) is 4.98 Å². The van der Waals surface area contributed by atoms with Gasteiger partial charge in [0.1, 0.15) is 12.4 Å². The summed E-state index contributed by atoms with van der Waals surface area (Å²) in [6.07, 6.45) is 13.7. The molecule has 0 fully saturated rings. The van der Waals surface area contributed by atoms with E-state index in [0.717, 1.165) is 38.0 Å². The number of aromatic nitrogens is 2. The zero-order valence-electron chi connectivity index (χ0n) is 13.6. The second-order valence-electron chi connectivity index (χ2n) is 6.39. The summed E-state index contributed by atoms with van der Waals surface area (Å²) in [6.45, 7) is 9.88. The first-order valence-corrected chi connectivity index (χ1v) is 8.28. The number of ether oxygens (including phenoxy) is 1. The fraction of sp³-hybridized carbons (Fsp3) is 0.824. The van der Waals surface area contributed by atoms with Gasteiger partial charge in [0.2, 0.25) is 6.33 Å². The minimum Gasteiger partial charge on any atom is -0.381 e. The number of H-pyrrole nitrogens is 1. The molecule has 3 heteroatoms. The van der Waals surface area contributed by atoms with Crippen LogP contribution in [0.3, 0.4) is 0 Å². The Morgan fingerprint density at radius 3 is 2.55 bits per heavy atom. The Morgan fingerprint density at radius 2 is 1.85 bits per heavy atom. The fourth-order valence-corrected chi connectivity index (χ4v) is 2.36. The molecule has 0 spiro atoms. The first-order chi connectivity index (χ1) is 9.68. The van der Waals surface area contributed by atoms with E-state index in [1.807, 2.05) is 12.5 Å². The molecule has 3 nitrogen and oxygen atoms in total. The van der Waals surface area contributed by atoms with Crippen LogP contribution < -0.4 is 4.57 Å². The standard InChI is InChI=1S/C17H32N2O/c1-16(2)7-6-8-17(3)9-14-20-13-5-4-11-19-12-10-18-15-19/h10,12,15-17H,4-9,11,13-14H2,1-3H3/p+1. The van der Waals surface area contributed by atoms with E-state index < -0.39 is 0 Å². The van der Waals surface area contributed by atoms with Gasteiger partial charge in [-0.25, -0.2) is 4.57 Å². The van der Waals surface area contributed by atoms with Crippen LogP contribution in [0.2, 0.25) is 0 Å². The number of nitrogens with zero attached hydrogens (tertiary/aromatic N) is 1. The van der Waals surface area contributed by atoms with Gasteiger partial charge in [-0.1, -0.05) is 40.0 Å². The SMILES string of the molecule is CC(C)CCCC(C)CCOCCCC[n+]1cc[nH]c1. The minimum absolute atomic E-state index is 0.809. The lowest BCUT2D eigenvalue weighted by Crippen LogP contribution is -2.30. The average molecular weight is 281 g/mol. The van der Waals surface area contributed by atoms with Crippen molar-refractivity contribution in [2.75, 3.05) is 13.2 Å². The summed E-state index contributed by atoms with van der Waals surface area (Å²) < 4.78 is 7.91. The van der Waals surface area contributed by atoms with Crippen molar-refractivity contribution in [2.24, 2.45) is 11.8 Å². The predicted molar refractivity (Wildman–Crippen MR) is 83.5 cm³/mol. The van der Waals surface area contributed by atoms with Gasteiger partial charge in [-0.15, -0.1) is 0 Å². The number of aryl methyl sites for hydroxylation is 1. The third-order valence-electron chi connectivity index (χ3n) is 3.79. The van der Waals surface area contributed by atoms with Crippen LogP contribution in [0, 0.1) is 11.8 Å². The van der Waals surface area contributed by atoms with Crippen LogP contribution in [0.5, 0.6) is 0 Å². The maximum atomic E-state index is 5.73. The van der Waals surface area contributed by atoms with Crippen LogP contribution in [-0.2, 0) is 11.3 Å². The van der Waals surface area contributed by atoms with Crippen LogP contribution in [-0.4, -0.2) is 18.2 Å². The number of hydrogen-bond acceptors (Lipinski definition) is 1. The number of imidazole rings is 1. The summed E-state index contributed by atoms with van der Waals surface area (Å²) in [5, 5.41) is 0. The van der Waals surface area contributed by atoms with Gasteiger partial charge in [0.15, 0.2) is 0 Å². The molecule has 1 N–H and O–H groups in total. The molecule has 0 bridgehead atoms.